The van der Waals surface area contributed by atoms with Crippen LogP contribution < -0.4 is 5.32 Å². The summed E-state index contributed by atoms with van der Waals surface area (Å²) in [6.45, 7) is 3.40. The Labute approximate surface area is 134 Å². The Hall–Kier alpha value is -1.17. The van der Waals surface area contributed by atoms with E-state index in [1.54, 1.807) is 11.3 Å². The smallest absolute Gasteiger partial charge is 0.251 e. The quantitative estimate of drug-likeness (QED) is 0.923. The number of fused-ring (bicyclic) bond motifs is 4. The highest BCUT2D eigenvalue weighted by Gasteiger charge is 2.34. The van der Waals surface area contributed by atoms with Gasteiger partial charge < -0.3 is 10.2 Å². The molecular weight excluding hydrogens is 306 g/mol. The summed E-state index contributed by atoms with van der Waals surface area (Å²) in [5.41, 5.74) is 3.45. The second-order valence-electron chi connectivity index (χ2n) is 5.75. The summed E-state index contributed by atoms with van der Waals surface area (Å²) in [6.07, 6.45) is 2.44. The number of halogens is 1. The topological polar surface area (TPSA) is 45.2 Å². The van der Waals surface area contributed by atoms with E-state index in [1.807, 2.05) is 23.7 Å². The zero-order chi connectivity index (χ0) is 13.5. The molecule has 3 fully saturated rings. The summed E-state index contributed by atoms with van der Waals surface area (Å²) in [6, 6.07) is 6.09. The van der Waals surface area contributed by atoms with Crippen molar-refractivity contribution in [1.29, 1.82) is 0 Å². The van der Waals surface area contributed by atoms with Crippen LogP contribution in [0.25, 0.3) is 10.2 Å². The molecule has 1 amide bonds. The fourth-order valence-corrected chi connectivity index (χ4v) is 4.04. The van der Waals surface area contributed by atoms with Gasteiger partial charge in [0.05, 0.1) is 15.7 Å². The van der Waals surface area contributed by atoms with Gasteiger partial charge in [0.1, 0.15) is 0 Å². The van der Waals surface area contributed by atoms with Crippen LogP contribution in [0.3, 0.4) is 0 Å². The van der Waals surface area contributed by atoms with E-state index >= 15 is 0 Å². The lowest BCUT2D eigenvalue weighted by Crippen LogP contribution is -2.57. The second-order valence-corrected chi connectivity index (χ2v) is 6.64. The summed E-state index contributed by atoms with van der Waals surface area (Å²) in [5.74, 6) is 0.700. The number of nitrogens with one attached hydrogen (secondary N) is 1. The maximum Gasteiger partial charge on any atom is 0.251 e. The molecule has 3 aliphatic heterocycles. The van der Waals surface area contributed by atoms with Gasteiger partial charge >= 0.3 is 0 Å². The summed E-state index contributed by atoms with van der Waals surface area (Å²) in [4.78, 5) is 19.1. The molecule has 1 N–H and O–H groups in total. The van der Waals surface area contributed by atoms with E-state index in [2.05, 4.69) is 15.2 Å². The van der Waals surface area contributed by atoms with Crippen molar-refractivity contribution in [3.05, 3.63) is 29.3 Å². The number of aromatic nitrogens is 1. The monoisotopic (exact) mass is 323 g/mol. The number of hydrogen-bond acceptors (Lipinski definition) is 4. The minimum Gasteiger partial charge on any atom is -0.348 e. The molecule has 0 unspecified atom stereocenters. The Balaban J connectivity index is 0.00000132. The molecule has 1 aromatic carbocycles. The minimum atomic E-state index is 0. The van der Waals surface area contributed by atoms with Crippen molar-refractivity contribution in [1.82, 2.24) is 15.2 Å². The summed E-state index contributed by atoms with van der Waals surface area (Å²) < 4.78 is 1.13. The third kappa shape index (κ3) is 2.78. The van der Waals surface area contributed by atoms with Gasteiger partial charge in [-0.2, -0.15) is 0 Å². The molecular formula is C15H18ClN3OS. The van der Waals surface area contributed by atoms with Crippen molar-refractivity contribution in [2.75, 3.05) is 19.6 Å². The first-order chi connectivity index (χ1) is 9.79. The molecule has 5 rings (SSSR count). The number of benzene rings is 1. The van der Waals surface area contributed by atoms with Crippen molar-refractivity contribution >= 4 is 39.9 Å². The average molecular weight is 324 g/mol. The Bertz CT molecular complexity index is 651. The first kappa shape index (κ1) is 14.8. The molecule has 0 aliphatic carbocycles. The normalized spacial score (nSPS) is 27.3. The van der Waals surface area contributed by atoms with Gasteiger partial charge in [0, 0.05) is 18.2 Å². The second kappa shape index (κ2) is 5.91. The molecule has 0 radical (unpaired) electrons. The van der Waals surface area contributed by atoms with E-state index in [0.717, 1.165) is 22.3 Å². The van der Waals surface area contributed by atoms with Crippen molar-refractivity contribution in [3.63, 3.8) is 0 Å². The van der Waals surface area contributed by atoms with Crippen LogP contribution in [0, 0.1) is 5.92 Å². The average Bonchev–Trinajstić information content (AvgIpc) is 2.96. The fourth-order valence-electron chi connectivity index (χ4n) is 3.38. The van der Waals surface area contributed by atoms with Crippen LogP contribution in [0.2, 0.25) is 0 Å². The standard InChI is InChI=1S/C15H17N3OS.ClH/c19-15(11-1-2-14-12(7-11)16-9-20-14)17-13-8-18-5-3-10(13)4-6-18;/h1-2,7,9-10,13H,3-6,8H2,(H,17,19);1H/t13-;/m1./s1. The Morgan fingerprint density at radius 3 is 2.86 bits per heavy atom. The van der Waals surface area contributed by atoms with E-state index in [-0.39, 0.29) is 18.3 Å². The van der Waals surface area contributed by atoms with Crippen LogP contribution >= 0.6 is 23.7 Å². The zero-order valence-electron chi connectivity index (χ0n) is 11.6. The first-order valence-corrected chi connectivity index (χ1v) is 8.04. The van der Waals surface area contributed by atoms with E-state index < -0.39 is 0 Å². The van der Waals surface area contributed by atoms with Crippen LogP contribution in [0.5, 0.6) is 0 Å². The maximum absolute atomic E-state index is 12.4. The maximum atomic E-state index is 12.4. The van der Waals surface area contributed by atoms with Crippen molar-refractivity contribution in [2.24, 2.45) is 5.92 Å². The summed E-state index contributed by atoms with van der Waals surface area (Å²) >= 11 is 1.60. The number of carbonyl (C=O) groups is 1. The van der Waals surface area contributed by atoms with Gasteiger partial charge in [0.15, 0.2) is 0 Å². The van der Waals surface area contributed by atoms with Gasteiger partial charge in [0.2, 0.25) is 0 Å². The van der Waals surface area contributed by atoms with E-state index in [1.165, 1.54) is 25.9 Å². The Kier molecular flexibility index (Phi) is 4.15. The predicted octanol–water partition coefficient (Wildman–Crippen LogP) is 2.54. The molecule has 1 aromatic heterocycles. The van der Waals surface area contributed by atoms with E-state index in [4.69, 9.17) is 0 Å². The SMILES string of the molecule is Cl.O=C(N[C@@H]1CN2CCC1CC2)c1ccc2scnc2c1. The zero-order valence-corrected chi connectivity index (χ0v) is 13.3. The Morgan fingerprint density at radius 2 is 2.14 bits per heavy atom. The lowest BCUT2D eigenvalue weighted by Gasteiger charge is -2.44. The highest BCUT2D eigenvalue weighted by molar-refractivity contribution is 7.16. The van der Waals surface area contributed by atoms with Crippen molar-refractivity contribution < 1.29 is 4.79 Å². The van der Waals surface area contributed by atoms with Crippen molar-refractivity contribution in [2.45, 2.75) is 18.9 Å². The number of hydrogen-bond donors (Lipinski definition) is 1. The predicted molar refractivity (Wildman–Crippen MR) is 87.3 cm³/mol. The fraction of sp³-hybridized carbons (Fsp3) is 0.467. The van der Waals surface area contributed by atoms with Gasteiger partial charge in [-0.25, -0.2) is 4.98 Å². The van der Waals surface area contributed by atoms with Crippen LogP contribution in [-0.2, 0) is 0 Å². The van der Waals surface area contributed by atoms with Gasteiger partial charge in [-0.05, 0) is 50.0 Å². The van der Waals surface area contributed by atoms with Crippen LogP contribution in [0.4, 0.5) is 0 Å². The van der Waals surface area contributed by atoms with Crippen LogP contribution in [0.15, 0.2) is 23.7 Å². The molecule has 1 atom stereocenters. The largest absolute Gasteiger partial charge is 0.348 e. The molecule has 4 heterocycles. The molecule has 112 valence electrons. The van der Waals surface area contributed by atoms with Crippen LogP contribution in [0.1, 0.15) is 23.2 Å². The third-order valence-corrected chi connectivity index (χ3v) is 5.38. The van der Waals surface area contributed by atoms with Crippen LogP contribution in [-0.4, -0.2) is 41.5 Å². The van der Waals surface area contributed by atoms with Gasteiger partial charge in [-0.15, -0.1) is 23.7 Å². The first-order valence-electron chi connectivity index (χ1n) is 7.16. The van der Waals surface area contributed by atoms with Gasteiger partial charge in [-0.3, -0.25) is 4.79 Å². The molecule has 21 heavy (non-hydrogen) atoms. The van der Waals surface area contributed by atoms with E-state index in [9.17, 15) is 4.79 Å². The number of amides is 1. The summed E-state index contributed by atoms with van der Waals surface area (Å²) in [7, 11) is 0. The molecule has 6 heteroatoms. The van der Waals surface area contributed by atoms with Crippen molar-refractivity contribution in [3.8, 4) is 0 Å². The van der Waals surface area contributed by atoms with Gasteiger partial charge in [0.25, 0.3) is 5.91 Å². The molecule has 0 spiro atoms. The number of rotatable bonds is 2. The Morgan fingerprint density at radius 1 is 1.33 bits per heavy atom. The molecule has 4 nitrogen and oxygen atoms in total. The molecule has 2 bridgehead atoms. The van der Waals surface area contributed by atoms with E-state index in [0.29, 0.717) is 12.0 Å². The summed E-state index contributed by atoms with van der Waals surface area (Å²) in [5, 5.41) is 3.22. The minimum absolute atomic E-state index is 0. The highest BCUT2D eigenvalue weighted by Crippen LogP contribution is 2.27. The van der Waals surface area contributed by atoms with Gasteiger partial charge in [-0.1, -0.05) is 0 Å². The lowest BCUT2D eigenvalue weighted by atomic mass is 9.84. The molecule has 0 saturated carbocycles. The molecule has 3 aliphatic rings. The molecule has 2 aromatic rings. The number of carbonyl (C=O) groups excluding carboxylic acids is 1. The molecule has 3 saturated heterocycles. The number of piperidine rings is 3. The third-order valence-electron chi connectivity index (χ3n) is 4.57. The highest BCUT2D eigenvalue weighted by atomic mass is 35.5. The number of nitrogens with zero attached hydrogens (tertiary/aromatic N) is 2. The number of thiazole rings is 1. The lowest BCUT2D eigenvalue weighted by molar-refractivity contribution is 0.0620.